The third kappa shape index (κ3) is 2.60. The minimum Gasteiger partial charge on any atom is -0.492 e. The zero-order valence-electron chi connectivity index (χ0n) is 13.0. The van der Waals surface area contributed by atoms with Crippen molar-refractivity contribution in [1.29, 1.82) is 0 Å². The van der Waals surface area contributed by atoms with Gasteiger partial charge in [0.1, 0.15) is 17.1 Å². The number of esters is 1. The molecule has 4 rings (SSSR count). The molecule has 6 heteroatoms. The number of hydrogen-bond acceptors (Lipinski definition) is 5. The molecule has 1 aliphatic carbocycles. The van der Waals surface area contributed by atoms with E-state index in [1.54, 1.807) is 18.2 Å². The number of fused-ring (bicyclic) bond motifs is 3. The number of hydrogen-bond donors (Lipinski definition) is 1. The van der Waals surface area contributed by atoms with E-state index in [1.165, 1.54) is 13.2 Å². The number of benzene rings is 2. The summed E-state index contributed by atoms with van der Waals surface area (Å²) in [6.45, 7) is 0.631. The largest absolute Gasteiger partial charge is 0.492 e. The fraction of sp³-hybridized carbons (Fsp3) is 0.278. The molecule has 124 valence electrons. The molecular weight excluding hydrogens is 329 g/mol. The Labute approximate surface area is 143 Å². The van der Waals surface area contributed by atoms with Crippen molar-refractivity contribution in [2.24, 2.45) is 5.92 Å². The van der Waals surface area contributed by atoms with Crippen LogP contribution in [-0.4, -0.2) is 19.7 Å². The van der Waals surface area contributed by atoms with Gasteiger partial charge in [-0.2, -0.15) is 0 Å². The van der Waals surface area contributed by atoms with Crippen LogP contribution < -0.4 is 9.46 Å². The summed E-state index contributed by atoms with van der Waals surface area (Å²) in [6.07, 6.45) is 1.10. The van der Waals surface area contributed by atoms with Crippen LogP contribution in [0.2, 0.25) is 0 Å². The van der Waals surface area contributed by atoms with Crippen LogP contribution in [0.1, 0.15) is 28.3 Å². The molecule has 2 aliphatic rings. The quantitative estimate of drug-likeness (QED) is 0.664. The molecule has 0 spiro atoms. The Hall–Kier alpha value is -2.21. The zero-order valence-corrected chi connectivity index (χ0v) is 13.9. The summed E-state index contributed by atoms with van der Waals surface area (Å²) in [7, 11) is 1.35. The summed E-state index contributed by atoms with van der Waals surface area (Å²) in [5, 5.41) is 0. The van der Waals surface area contributed by atoms with Gasteiger partial charge < -0.3 is 14.2 Å². The molecule has 1 fully saturated rings. The van der Waals surface area contributed by atoms with E-state index in [1.807, 2.05) is 12.1 Å². The summed E-state index contributed by atoms with van der Waals surface area (Å²) in [6, 6.07) is 10.3. The predicted molar refractivity (Wildman–Crippen MR) is 90.0 cm³/mol. The van der Waals surface area contributed by atoms with Crippen LogP contribution in [0.15, 0.2) is 41.3 Å². The molecule has 1 N–H and O–H groups in total. The first-order valence-corrected chi connectivity index (χ1v) is 8.56. The van der Waals surface area contributed by atoms with Gasteiger partial charge >= 0.3 is 5.97 Å². The summed E-state index contributed by atoms with van der Waals surface area (Å²) < 4.78 is 27.6. The number of rotatable bonds is 4. The average Bonchev–Trinajstić information content (AvgIpc) is 3.39. The van der Waals surface area contributed by atoms with Crippen LogP contribution >= 0.6 is 11.9 Å². The first kappa shape index (κ1) is 15.3. The normalized spacial score (nSPS) is 20.4. The van der Waals surface area contributed by atoms with Gasteiger partial charge in [-0.05, 0) is 48.0 Å². The molecule has 1 aliphatic heterocycles. The Kier molecular flexibility index (Phi) is 3.84. The van der Waals surface area contributed by atoms with E-state index in [4.69, 9.17) is 9.47 Å². The van der Waals surface area contributed by atoms with E-state index in [0.29, 0.717) is 40.3 Å². The number of halogens is 1. The van der Waals surface area contributed by atoms with Crippen LogP contribution in [0.25, 0.3) is 0 Å². The highest BCUT2D eigenvalue weighted by Gasteiger charge is 2.45. The smallest absolute Gasteiger partial charge is 0.343 e. The van der Waals surface area contributed by atoms with Crippen molar-refractivity contribution in [1.82, 2.24) is 0 Å². The molecule has 2 aromatic carbocycles. The lowest BCUT2D eigenvalue weighted by Crippen LogP contribution is -2.15. The van der Waals surface area contributed by atoms with Crippen LogP contribution in [0.3, 0.4) is 0 Å². The molecule has 0 saturated heterocycles. The highest BCUT2D eigenvalue weighted by molar-refractivity contribution is 8.00. The van der Waals surface area contributed by atoms with E-state index < -0.39 is 5.97 Å². The maximum atomic E-state index is 13.8. The van der Waals surface area contributed by atoms with Crippen LogP contribution in [0.5, 0.6) is 5.75 Å². The number of ether oxygens (including phenoxy) is 2. The molecular formula is C18H16FNO3S. The molecule has 4 nitrogen and oxygen atoms in total. The molecule has 0 bridgehead atoms. The van der Waals surface area contributed by atoms with Gasteiger partial charge in [0.05, 0.1) is 24.3 Å². The van der Waals surface area contributed by atoms with Crippen LogP contribution in [0.4, 0.5) is 10.1 Å². The van der Waals surface area contributed by atoms with Crippen LogP contribution in [0, 0.1) is 11.7 Å². The van der Waals surface area contributed by atoms with Gasteiger partial charge in [-0.15, -0.1) is 0 Å². The van der Waals surface area contributed by atoms with Gasteiger partial charge in [0.15, 0.2) is 0 Å². The Morgan fingerprint density at radius 2 is 2.17 bits per heavy atom. The highest BCUT2D eigenvalue weighted by atomic mass is 32.2. The Morgan fingerprint density at radius 1 is 1.33 bits per heavy atom. The molecule has 2 aromatic rings. The highest BCUT2D eigenvalue weighted by Crippen LogP contribution is 2.55. The summed E-state index contributed by atoms with van der Waals surface area (Å²) in [5.41, 5.74) is 2.00. The number of nitrogens with one attached hydrogen (secondary N) is 1. The first-order chi connectivity index (χ1) is 11.7. The van der Waals surface area contributed by atoms with Crippen molar-refractivity contribution >= 4 is 23.6 Å². The first-order valence-electron chi connectivity index (χ1n) is 7.74. The summed E-state index contributed by atoms with van der Waals surface area (Å²) >= 11 is 1.12. The lowest BCUT2D eigenvalue weighted by atomic mass is 10.0. The van der Waals surface area contributed by atoms with Gasteiger partial charge in [0.2, 0.25) is 0 Å². The van der Waals surface area contributed by atoms with E-state index in [0.717, 1.165) is 23.9 Å². The van der Waals surface area contributed by atoms with Gasteiger partial charge in [-0.1, -0.05) is 18.2 Å². The molecule has 0 radical (unpaired) electrons. The summed E-state index contributed by atoms with van der Waals surface area (Å²) in [5.74, 6) is 0.868. The van der Waals surface area contributed by atoms with Crippen LogP contribution in [-0.2, 0) is 4.74 Å². The van der Waals surface area contributed by atoms with Crippen molar-refractivity contribution in [3.63, 3.8) is 0 Å². The van der Waals surface area contributed by atoms with Crippen molar-refractivity contribution in [2.75, 3.05) is 18.4 Å². The van der Waals surface area contributed by atoms with E-state index >= 15 is 0 Å². The zero-order chi connectivity index (χ0) is 16.7. The number of anilines is 1. The lowest BCUT2D eigenvalue weighted by Gasteiger charge is -2.21. The fourth-order valence-corrected chi connectivity index (χ4v) is 3.78. The molecule has 2 atom stereocenters. The van der Waals surface area contributed by atoms with E-state index in [2.05, 4.69) is 4.72 Å². The number of carbonyl (C=O) groups is 1. The second-order valence-corrected chi connectivity index (χ2v) is 6.79. The standard InChI is InChI=1S/C18H16FNO3S/c1-22-18(21)16-14(20-24-15-5-3-2-4-13(15)19)7-6-11-12-8-10(12)9-23-17(11)16/h2-7,10,12,20H,8-9H2,1H3. The minimum atomic E-state index is -0.456. The van der Waals surface area contributed by atoms with Gasteiger partial charge in [0.25, 0.3) is 0 Å². The topological polar surface area (TPSA) is 47.6 Å². The van der Waals surface area contributed by atoms with Gasteiger partial charge in [-0.3, -0.25) is 0 Å². The number of carbonyl (C=O) groups excluding carboxylic acids is 1. The molecule has 0 amide bonds. The Morgan fingerprint density at radius 3 is 2.96 bits per heavy atom. The SMILES string of the molecule is COC(=O)c1c(NSc2ccccc2F)ccc2c1OCC1CC21. The maximum absolute atomic E-state index is 13.8. The molecule has 2 unspecified atom stereocenters. The van der Waals surface area contributed by atoms with Gasteiger partial charge in [-0.25, -0.2) is 9.18 Å². The average molecular weight is 345 g/mol. The Bertz CT molecular complexity index is 811. The van der Waals surface area contributed by atoms with E-state index in [9.17, 15) is 9.18 Å². The second-order valence-electron chi connectivity index (χ2n) is 5.95. The maximum Gasteiger partial charge on any atom is 0.343 e. The molecule has 0 aromatic heterocycles. The summed E-state index contributed by atoms with van der Waals surface area (Å²) in [4.78, 5) is 12.7. The van der Waals surface area contributed by atoms with Crippen molar-refractivity contribution in [2.45, 2.75) is 17.2 Å². The third-order valence-electron chi connectivity index (χ3n) is 4.45. The lowest BCUT2D eigenvalue weighted by molar-refractivity contribution is 0.0596. The molecule has 1 heterocycles. The molecule has 1 saturated carbocycles. The minimum absolute atomic E-state index is 0.315. The second kappa shape index (κ2) is 6.02. The van der Waals surface area contributed by atoms with Gasteiger partial charge in [0, 0.05) is 5.92 Å². The van der Waals surface area contributed by atoms with E-state index in [-0.39, 0.29) is 5.82 Å². The number of methoxy groups -OCH3 is 1. The molecule has 24 heavy (non-hydrogen) atoms. The fourth-order valence-electron chi connectivity index (χ4n) is 3.08. The predicted octanol–water partition coefficient (Wildman–Crippen LogP) is 4.23. The monoisotopic (exact) mass is 345 g/mol. The van der Waals surface area contributed by atoms with Crippen molar-refractivity contribution in [3.8, 4) is 5.75 Å². The third-order valence-corrected chi connectivity index (χ3v) is 5.32. The van der Waals surface area contributed by atoms with Crippen molar-refractivity contribution < 1.29 is 18.7 Å². The Balaban J connectivity index is 1.67. The van der Waals surface area contributed by atoms with Crippen molar-refractivity contribution in [3.05, 3.63) is 53.3 Å².